The Labute approximate surface area is 301 Å². The quantitative estimate of drug-likeness (QED) is 0.183. The molecule has 45 heavy (non-hydrogen) atoms. The Balaban J connectivity index is 1.57. The summed E-state index contributed by atoms with van der Waals surface area (Å²) in [7, 11) is 0. The molecular formula is C44H28O. The highest BCUT2D eigenvalue weighted by Crippen LogP contribution is 2.47. The molecule has 0 aliphatic heterocycles. The Morgan fingerprint density at radius 1 is 0.333 bits per heavy atom. The van der Waals surface area contributed by atoms with Crippen molar-refractivity contribution in [2.45, 2.75) is 0 Å². The maximum atomic E-state index is 9.49. The standard InChI is InChI=1S/C44H28O/c1-3-12-29(13-4-1)31-22-24-32(25-23-31)42-34-16-7-9-18-36(34)43(37-19-10-8-17-35(37)42)39-20-11-21-40-44(39)38-27-26-33(28-41(38)45-40)30-14-5-2-6-15-30/h1-28H/i1D,2D,3D,4D,5D,6D,7D,8D,9D,10D,11D,12D,13D,14D,15D,16D,17D,18D,19D,20D,21D,22D,23D,24D,25D,26D,27D,28D. The van der Waals surface area contributed by atoms with Crippen LogP contribution < -0.4 is 0 Å². The van der Waals surface area contributed by atoms with Crippen molar-refractivity contribution in [2.24, 2.45) is 0 Å². The second-order valence-electron chi connectivity index (χ2n) is 9.51. The van der Waals surface area contributed by atoms with Crippen LogP contribution >= 0.6 is 0 Å². The molecule has 0 radical (unpaired) electrons. The van der Waals surface area contributed by atoms with Crippen molar-refractivity contribution in [2.75, 3.05) is 0 Å². The molecule has 0 bridgehead atoms. The molecule has 9 aromatic rings. The number of hydrogen-bond acceptors (Lipinski definition) is 1. The summed E-state index contributed by atoms with van der Waals surface area (Å²) < 4.78 is 255. The van der Waals surface area contributed by atoms with E-state index in [4.69, 9.17) is 27.7 Å². The van der Waals surface area contributed by atoms with Crippen LogP contribution in [0.3, 0.4) is 0 Å². The van der Waals surface area contributed by atoms with Crippen molar-refractivity contribution in [1.82, 2.24) is 0 Å². The summed E-state index contributed by atoms with van der Waals surface area (Å²) in [4.78, 5) is 0. The fourth-order valence-corrected chi connectivity index (χ4v) is 5.20. The average molecular weight is 601 g/mol. The van der Waals surface area contributed by atoms with Gasteiger partial charge in [0.25, 0.3) is 0 Å². The van der Waals surface area contributed by atoms with Crippen molar-refractivity contribution >= 4 is 43.5 Å². The number of rotatable bonds is 4. The van der Waals surface area contributed by atoms with Gasteiger partial charge in [-0.05, 0) is 84.2 Å². The minimum absolute atomic E-state index is 0.581. The van der Waals surface area contributed by atoms with E-state index in [0.717, 1.165) is 0 Å². The number of benzene rings is 8. The minimum Gasteiger partial charge on any atom is -0.456 e. The van der Waals surface area contributed by atoms with Crippen molar-refractivity contribution in [3.05, 3.63) is 169 Å². The smallest absolute Gasteiger partial charge is 0.136 e. The third kappa shape index (κ3) is 4.17. The van der Waals surface area contributed by atoms with E-state index in [1.807, 2.05) is 0 Å². The van der Waals surface area contributed by atoms with Crippen LogP contribution in [0.2, 0.25) is 0 Å². The molecule has 1 heterocycles. The van der Waals surface area contributed by atoms with Gasteiger partial charge in [0.15, 0.2) is 0 Å². The molecule has 8 aromatic carbocycles. The molecule has 0 amide bonds. The maximum Gasteiger partial charge on any atom is 0.136 e. The largest absolute Gasteiger partial charge is 0.456 e. The zero-order valence-corrected chi connectivity index (χ0v) is 22.4. The first-order valence-corrected chi connectivity index (χ1v) is 13.2. The molecule has 0 aliphatic carbocycles. The summed E-state index contributed by atoms with van der Waals surface area (Å²) in [5.41, 5.74) is -7.36. The van der Waals surface area contributed by atoms with Gasteiger partial charge in [-0.3, -0.25) is 0 Å². The monoisotopic (exact) mass is 600 g/mol. The molecule has 9 rings (SSSR count). The van der Waals surface area contributed by atoms with Crippen LogP contribution in [0.1, 0.15) is 38.4 Å². The molecule has 0 aliphatic rings. The molecule has 0 saturated carbocycles. The Morgan fingerprint density at radius 3 is 1.44 bits per heavy atom. The molecule has 210 valence electrons. The SMILES string of the molecule is [2H]c1c([2H])c([2H])c(-c2c([2H])c([2H])c(-c3c4c([2H])c([2H])c([2H])c([2H])c4c(-c4c([2H])c([2H])c([2H])c5oc6c([2H])c(-c7c([2H])c([2H])c([2H])c([2H])c7[2H])c([2H])c([2H])c6c45)c4c([2H])c([2H])c([2H])c([2H])c34)c([2H])c2[2H])c([2H])c1[2H]. The van der Waals surface area contributed by atoms with E-state index in [-0.39, 0.29) is 0 Å². The van der Waals surface area contributed by atoms with E-state index in [9.17, 15) is 15.1 Å². The van der Waals surface area contributed by atoms with Gasteiger partial charge in [0, 0.05) is 10.8 Å². The summed E-state index contributed by atoms with van der Waals surface area (Å²) in [5, 5.41) is -4.17. The van der Waals surface area contributed by atoms with Crippen molar-refractivity contribution in [3.63, 3.8) is 0 Å². The average Bonchev–Trinajstić information content (AvgIpc) is 3.76. The van der Waals surface area contributed by atoms with Gasteiger partial charge in [-0.25, -0.2) is 0 Å². The lowest BCUT2D eigenvalue weighted by atomic mass is 9.84. The lowest BCUT2D eigenvalue weighted by molar-refractivity contribution is 0.669. The normalized spacial score (nSPS) is 20.3. The third-order valence-electron chi connectivity index (χ3n) is 7.07. The van der Waals surface area contributed by atoms with E-state index in [2.05, 4.69) is 0 Å². The van der Waals surface area contributed by atoms with Crippen LogP contribution in [0.15, 0.2) is 174 Å². The van der Waals surface area contributed by atoms with Crippen LogP contribution in [0.5, 0.6) is 0 Å². The molecule has 0 atom stereocenters. The fourth-order valence-electron chi connectivity index (χ4n) is 5.20. The topological polar surface area (TPSA) is 13.1 Å². The fraction of sp³-hybridized carbons (Fsp3) is 0. The van der Waals surface area contributed by atoms with Gasteiger partial charge in [-0.1, -0.05) is 151 Å². The highest BCUT2D eigenvalue weighted by Gasteiger charge is 2.20. The summed E-state index contributed by atoms with van der Waals surface area (Å²) in [6.07, 6.45) is 0. The Hall–Kier alpha value is -5.92. The molecule has 1 nitrogen and oxygen atoms in total. The number of furan rings is 1. The Bertz CT molecular complexity index is 3950. The predicted octanol–water partition coefficient (Wildman–Crippen LogP) is 12.6. The van der Waals surface area contributed by atoms with Crippen molar-refractivity contribution < 1.29 is 42.8 Å². The van der Waals surface area contributed by atoms with E-state index in [1.165, 1.54) is 0 Å². The van der Waals surface area contributed by atoms with Crippen LogP contribution in [0, 0.1) is 0 Å². The van der Waals surface area contributed by atoms with E-state index in [1.54, 1.807) is 0 Å². The lowest BCUT2D eigenvalue weighted by Gasteiger charge is -2.18. The highest BCUT2D eigenvalue weighted by molar-refractivity contribution is 6.25. The third-order valence-corrected chi connectivity index (χ3v) is 7.07. The second-order valence-corrected chi connectivity index (χ2v) is 9.51. The molecule has 0 N–H and O–H groups in total. The van der Waals surface area contributed by atoms with Gasteiger partial charge in [-0.2, -0.15) is 0 Å². The Kier molecular flexibility index (Phi) is 2.32. The predicted molar refractivity (Wildman–Crippen MR) is 190 cm³/mol. The van der Waals surface area contributed by atoms with Gasteiger partial charge < -0.3 is 4.42 Å². The highest BCUT2D eigenvalue weighted by atomic mass is 16.3. The summed E-state index contributed by atoms with van der Waals surface area (Å²) in [5.74, 6) is 0. The van der Waals surface area contributed by atoms with Crippen LogP contribution in [-0.2, 0) is 0 Å². The van der Waals surface area contributed by atoms with Gasteiger partial charge >= 0.3 is 0 Å². The first kappa shape index (κ1) is 10.1. The zero-order valence-electron chi connectivity index (χ0n) is 50.4. The molecule has 1 heteroatoms. The number of fused-ring (bicyclic) bond motifs is 5. The van der Waals surface area contributed by atoms with Crippen LogP contribution in [0.25, 0.3) is 88.0 Å². The Morgan fingerprint density at radius 2 is 0.822 bits per heavy atom. The summed E-state index contributed by atoms with van der Waals surface area (Å²) in [6.45, 7) is 0. The molecule has 0 saturated heterocycles. The van der Waals surface area contributed by atoms with E-state index >= 15 is 0 Å². The zero-order chi connectivity index (χ0) is 54.1. The van der Waals surface area contributed by atoms with Gasteiger partial charge in [0.2, 0.25) is 0 Å². The van der Waals surface area contributed by atoms with Crippen LogP contribution in [-0.4, -0.2) is 0 Å². The lowest BCUT2D eigenvalue weighted by Crippen LogP contribution is -1.91. The first-order chi connectivity index (χ1) is 34.0. The summed E-state index contributed by atoms with van der Waals surface area (Å²) in [6, 6.07) is -26.6. The minimum atomic E-state index is -1.07. The summed E-state index contributed by atoms with van der Waals surface area (Å²) >= 11 is 0. The molecule has 0 fully saturated rings. The molecular weight excluding hydrogens is 544 g/mol. The van der Waals surface area contributed by atoms with Crippen molar-refractivity contribution in [3.8, 4) is 44.5 Å². The van der Waals surface area contributed by atoms with Crippen molar-refractivity contribution in [1.29, 1.82) is 0 Å². The first-order valence-electron chi connectivity index (χ1n) is 27.2. The van der Waals surface area contributed by atoms with E-state index < -0.39 is 257 Å². The van der Waals surface area contributed by atoms with Gasteiger partial charge in [0.1, 0.15) is 11.2 Å². The van der Waals surface area contributed by atoms with Gasteiger partial charge in [0.05, 0.1) is 38.4 Å². The molecule has 0 unspecified atom stereocenters. The van der Waals surface area contributed by atoms with E-state index in [0.29, 0.717) is 0 Å². The second kappa shape index (κ2) is 10.4. The maximum absolute atomic E-state index is 9.49. The van der Waals surface area contributed by atoms with Crippen LogP contribution in [0.4, 0.5) is 0 Å². The van der Waals surface area contributed by atoms with Gasteiger partial charge in [-0.15, -0.1) is 0 Å². The number of hydrogen-bond donors (Lipinski definition) is 0. The molecule has 1 aromatic heterocycles. The molecule has 0 spiro atoms.